The summed E-state index contributed by atoms with van der Waals surface area (Å²) in [4.78, 5) is 24.9. The van der Waals surface area contributed by atoms with Gasteiger partial charge in [0, 0.05) is 6.42 Å². The van der Waals surface area contributed by atoms with Crippen molar-refractivity contribution in [2.75, 3.05) is 40.9 Å². The lowest BCUT2D eigenvalue weighted by molar-refractivity contribution is -0.870. The predicted octanol–water partition coefficient (Wildman–Crippen LogP) is 7.83. The summed E-state index contributed by atoms with van der Waals surface area (Å²) in [5, 5.41) is 13.5. The summed E-state index contributed by atoms with van der Waals surface area (Å²) < 4.78 is 22.9. The van der Waals surface area contributed by atoms with Crippen LogP contribution in [0, 0.1) is 0 Å². The number of phosphoric ester groups is 1. The van der Waals surface area contributed by atoms with Gasteiger partial charge in [0.2, 0.25) is 5.91 Å². The van der Waals surface area contributed by atoms with Crippen LogP contribution in [0.25, 0.3) is 0 Å². The molecule has 0 saturated heterocycles. The molecule has 0 aliphatic heterocycles. The number of hydrogen-bond acceptors (Lipinski definition) is 6. The molecule has 0 aromatic carbocycles. The van der Waals surface area contributed by atoms with Crippen LogP contribution in [-0.2, 0) is 18.4 Å². The van der Waals surface area contributed by atoms with Gasteiger partial charge in [-0.2, -0.15) is 0 Å². The molecule has 43 heavy (non-hydrogen) atoms. The molecule has 0 rings (SSSR count). The van der Waals surface area contributed by atoms with E-state index < -0.39 is 20.0 Å². The zero-order chi connectivity index (χ0) is 32.2. The molecule has 0 bridgehead atoms. The van der Waals surface area contributed by atoms with E-state index in [1.807, 2.05) is 27.2 Å². The van der Waals surface area contributed by atoms with Crippen LogP contribution in [0.2, 0.25) is 0 Å². The van der Waals surface area contributed by atoms with Gasteiger partial charge in [-0.25, -0.2) is 0 Å². The molecule has 0 aliphatic rings. The zero-order valence-electron chi connectivity index (χ0n) is 28.7. The van der Waals surface area contributed by atoms with Crippen LogP contribution in [-0.4, -0.2) is 68.5 Å². The molecule has 0 aromatic rings. The van der Waals surface area contributed by atoms with Crippen LogP contribution >= 0.6 is 7.82 Å². The van der Waals surface area contributed by atoms with Crippen molar-refractivity contribution in [1.29, 1.82) is 0 Å². The maximum absolute atomic E-state index is 12.7. The maximum Gasteiger partial charge on any atom is 0.268 e. The number of allylic oxidation sites excluding steroid dienone is 1. The SMILES string of the molecule is CCCCCC/C=C/C(O)C(COP(=O)([O-])OCC[N+](C)(C)C)NC(=O)CCCCCCCCCCCCCCCCC. The van der Waals surface area contributed by atoms with Gasteiger partial charge in [-0.15, -0.1) is 0 Å². The summed E-state index contributed by atoms with van der Waals surface area (Å²) in [5.41, 5.74) is 0. The number of unbranched alkanes of at least 4 members (excludes halogenated alkanes) is 18. The first kappa shape index (κ1) is 42.2. The fraction of sp³-hybridized carbons (Fsp3) is 0.912. The summed E-state index contributed by atoms with van der Waals surface area (Å²) in [6.45, 7) is 4.54. The molecule has 1 amide bonds. The maximum atomic E-state index is 12.7. The Labute approximate surface area is 265 Å². The van der Waals surface area contributed by atoms with E-state index in [4.69, 9.17) is 9.05 Å². The largest absolute Gasteiger partial charge is 0.756 e. The molecule has 256 valence electrons. The van der Waals surface area contributed by atoms with Gasteiger partial charge in [0.15, 0.2) is 0 Å². The summed E-state index contributed by atoms with van der Waals surface area (Å²) in [7, 11) is 1.26. The highest BCUT2D eigenvalue weighted by Crippen LogP contribution is 2.38. The highest BCUT2D eigenvalue weighted by atomic mass is 31.2. The number of rotatable bonds is 31. The van der Waals surface area contributed by atoms with E-state index >= 15 is 0 Å². The number of nitrogens with one attached hydrogen (secondary N) is 1. The van der Waals surface area contributed by atoms with E-state index in [2.05, 4.69) is 19.2 Å². The van der Waals surface area contributed by atoms with Crippen molar-refractivity contribution >= 4 is 13.7 Å². The topological polar surface area (TPSA) is 108 Å². The molecule has 0 radical (unpaired) electrons. The van der Waals surface area contributed by atoms with E-state index in [0.717, 1.165) is 44.9 Å². The van der Waals surface area contributed by atoms with E-state index in [0.29, 0.717) is 17.4 Å². The minimum Gasteiger partial charge on any atom is -0.756 e. The first-order valence-electron chi connectivity index (χ1n) is 17.6. The van der Waals surface area contributed by atoms with Gasteiger partial charge in [0.1, 0.15) is 13.2 Å². The summed E-state index contributed by atoms with van der Waals surface area (Å²) in [5.74, 6) is -0.203. The number of phosphoric acid groups is 1. The van der Waals surface area contributed by atoms with Gasteiger partial charge < -0.3 is 28.8 Å². The fourth-order valence-corrected chi connectivity index (χ4v) is 5.58. The molecule has 8 nitrogen and oxygen atoms in total. The van der Waals surface area contributed by atoms with Crippen LogP contribution in [0.15, 0.2) is 12.2 Å². The van der Waals surface area contributed by atoms with E-state index in [9.17, 15) is 19.4 Å². The molecule has 2 N–H and O–H groups in total. The van der Waals surface area contributed by atoms with E-state index in [-0.39, 0.29) is 19.1 Å². The summed E-state index contributed by atoms with van der Waals surface area (Å²) >= 11 is 0. The van der Waals surface area contributed by atoms with Crippen LogP contribution in [0.1, 0.15) is 149 Å². The van der Waals surface area contributed by atoms with Crippen molar-refractivity contribution in [1.82, 2.24) is 5.32 Å². The normalized spacial score (nSPS) is 15.0. The van der Waals surface area contributed by atoms with Crippen molar-refractivity contribution in [3.05, 3.63) is 12.2 Å². The van der Waals surface area contributed by atoms with Gasteiger partial charge >= 0.3 is 0 Å². The number of carbonyl (C=O) groups excluding carboxylic acids is 1. The number of nitrogens with zero attached hydrogens (tertiary/aromatic N) is 1. The second kappa shape index (κ2) is 27.5. The Bertz CT molecular complexity index is 728. The second-order valence-corrected chi connectivity index (χ2v) is 14.6. The number of aliphatic hydroxyl groups excluding tert-OH is 1. The Morgan fingerprint density at radius 2 is 1.26 bits per heavy atom. The van der Waals surface area contributed by atoms with Gasteiger partial charge in [0.25, 0.3) is 7.82 Å². The number of amides is 1. The second-order valence-electron chi connectivity index (χ2n) is 13.2. The fourth-order valence-electron chi connectivity index (χ4n) is 4.86. The van der Waals surface area contributed by atoms with Gasteiger partial charge in [0.05, 0.1) is 39.9 Å². The van der Waals surface area contributed by atoms with Crippen molar-refractivity contribution in [3.63, 3.8) is 0 Å². The van der Waals surface area contributed by atoms with Gasteiger partial charge in [-0.05, 0) is 19.3 Å². The third-order valence-electron chi connectivity index (χ3n) is 7.75. The van der Waals surface area contributed by atoms with Crippen molar-refractivity contribution in [2.45, 2.75) is 161 Å². The standard InChI is InChI=1S/C34H69N2O6P/c1-6-8-10-12-14-15-16-17-18-19-20-21-22-24-26-28-34(38)35-32(33(37)27-25-23-13-11-9-7-2)31-42-43(39,40)41-30-29-36(3,4)5/h25,27,32-33,37H,6-24,26,28-31H2,1-5H3,(H-,35,38,39,40)/b27-25+. The van der Waals surface area contributed by atoms with Crippen LogP contribution < -0.4 is 10.2 Å². The third kappa shape index (κ3) is 29.7. The number of carbonyl (C=O) groups is 1. The summed E-state index contributed by atoms with van der Waals surface area (Å²) in [6.07, 6.45) is 27.0. The van der Waals surface area contributed by atoms with Gasteiger partial charge in [-0.3, -0.25) is 9.36 Å². The van der Waals surface area contributed by atoms with Crippen LogP contribution in [0.3, 0.4) is 0 Å². The van der Waals surface area contributed by atoms with Crippen molar-refractivity contribution in [3.8, 4) is 0 Å². The third-order valence-corrected chi connectivity index (χ3v) is 8.71. The Kier molecular flexibility index (Phi) is 27.1. The number of aliphatic hydroxyl groups is 1. The number of likely N-dealkylation sites (N-methyl/N-ethyl adjacent to an activating group) is 1. The van der Waals surface area contributed by atoms with Crippen LogP contribution in [0.4, 0.5) is 0 Å². The molecular weight excluding hydrogens is 563 g/mol. The molecule has 3 unspecified atom stereocenters. The molecule has 0 heterocycles. The highest BCUT2D eigenvalue weighted by molar-refractivity contribution is 7.45. The molecule has 0 saturated carbocycles. The first-order valence-corrected chi connectivity index (χ1v) is 19.0. The van der Waals surface area contributed by atoms with E-state index in [1.54, 1.807) is 6.08 Å². The minimum absolute atomic E-state index is 0.000708. The average Bonchev–Trinajstić information content (AvgIpc) is 2.94. The molecule has 0 fully saturated rings. The molecule has 0 aliphatic carbocycles. The molecule has 3 atom stereocenters. The quantitative estimate of drug-likeness (QED) is 0.0349. The van der Waals surface area contributed by atoms with Gasteiger partial charge in [-0.1, -0.05) is 135 Å². The summed E-state index contributed by atoms with van der Waals surface area (Å²) in [6, 6.07) is -0.875. The first-order chi connectivity index (χ1) is 20.5. The minimum atomic E-state index is -4.56. The Morgan fingerprint density at radius 3 is 1.74 bits per heavy atom. The lowest BCUT2D eigenvalue weighted by atomic mass is 10.0. The van der Waals surface area contributed by atoms with E-state index in [1.165, 1.54) is 83.5 Å². The van der Waals surface area contributed by atoms with Crippen LogP contribution in [0.5, 0.6) is 0 Å². The average molecular weight is 633 g/mol. The Morgan fingerprint density at radius 1 is 0.791 bits per heavy atom. The lowest BCUT2D eigenvalue weighted by Crippen LogP contribution is -2.45. The molecule has 9 heteroatoms. The number of quaternary nitrogens is 1. The molecule has 0 aromatic heterocycles. The molecular formula is C34H69N2O6P. The zero-order valence-corrected chi connectivity index (χ0v) is 29.6. The Balaban J connectivity index is 4.38. The van der Waals surface area contributed by atoms with Crippen molar-refractivity contribution in [2.24, 2.45) is 0 Å². The number of hydrogen-bond donors (Lipinski definition) is 2. The monoisotopic (exact) mass is 632 g/mol. The smallest absolute Gasteiger partial charge is 0.268 e. The molecule has 0 spiro atoms. The highest BCUT2D eigenvalue weighted by Gasteiger charge is 2.23. The lowest BCUT2D eigenvalue weighted by Gasteiger charge is -2.29. The van der Waals surface area contributed by atoms with Crippen molar-refractivity contribution < 1.29 is 32.9 Å². The Hall–Kier alpha value is -0.760. The predicted molar refractivity (Wildman–Crippen MR) is 178 cm³/mol.